The summed E-state index contributed by atoms with van der Waals surface area (Å²) in [6.45, 7) is 0. The molecule has 0 aliphatic heterocycles. The van der Waals surface area contributed by atoms with Gasteiger partial charge >= 0.3 is 6.03 Å². The quantitative estimate of drug-likeness (QED) is 0.761. The highest BCUT2D eigenvalue weighted by atomic mass is 35.5. The second-order valence-corrected chi connectivity index (χ2v) is 4.36. The van der Waals surface area contributed by atoms with Crippen LogP contribution < -0.4 is 10.6 Å². The van der Waals surface area contributed by atoms with E-state index in [-0.39, 0.29) is 5.15 Å². The van der Waals surface area contributed by atoms with Crippen LogP contribution in [0, 0.1) is 0 Å². The Morgan fingerprint density at radius 2 is 1.95 bits per heavy atom. The molecule has 3 aromatic rings. The van der Waals surface area contributed by atoms with Crippen LogP contribution in [0.3, 0.4) is 0 Å². The average molecular weight is 288 g/mol. The van der Waals surface area contributed by atoms with E-state index in [1.165, 1.54) is 6.20 Å². The summed E-state index contributed by atoms with van der Waals surface area (Å²) >= 11 is 6.00. The Balaban J connectivity index is 1.84. The second kappa shape index (κ2) is 5.18. The van der Waals surface area contributed by atoms with E-state index in [9.17, 15) is 4.79 Å². The Bertz CT molecular complexity index is 756. The number of amides is 2. The summed E-state index contributed by atoms with van der Waals surface area (Å²) < 4.78 is 1.65. The van der Waals surface area contributed by atoms with Gasteiger partial charge in [0.2, 0.25) is 0 Å². The molecule has 0 saturated carbocycles. The molecule has 7 heteroatoms. The molecule has 0 atom stereocenters. The van der Waals surface area contributed by atoms with Crippen LogP contribution in [0.2, 0.25) is 5.15 Å². The first-order valence-corrected chi connectivity index (χ1v) is 6.22. The summed E-state index contributed by atoms with van der Waals surface area (Å²) in [5.74, 6) is 0.370. The third-order valence-electron chi connectivity index (χ3n) is 2.66. The molecular formula is C13H10ClN5O. The summed E-state index contributed by atoms with van der Waals surface area (Å²) in [7, 11) is 0. The number of imidazole rings is 1. The minimum atomic E-state index is -0.402. The Kier molecular flexibility index (Phi) is 3.22. The molecule has 0 saturated heterocycles. The fourth-order valence-electron chi connectivity index (χ4n) is 1.78. The predicted octanol–water partition coefficient (Wildman–Crippen LogP) is 3.03. The molecule has 0 unspecified atom stereocenters. The first kappa shape index (κ1) is 12.4. The number of rotatable bonds is 2. The number of benzene rings is 1. The number of carbonyl (C=O) groups is 1. The lowest BCUT2D eigenvalue weighted by molar-refractivity contribution is 0.262. The lowest BCUT2D eigenvalue weighted by Gasteiger charge is -2.10. The Labute approximate surface area is 119 Å². The van der Waals surface area contributed by atoms with Gasteiger partial charge in [0.25, 0.3) is 0 Å². The lowest BCUT2D eigenvalue weighted by Crippen LogP contribution is -2.21. The van der Waals surface area contributed by atoms with E-state index in [1.54, 1.807) is 28.9 Å². The molecule has 2 N–H and O–H groups in total. The van der Waals surface area contributed by atoms with Crippen molar-refractivity contribution in [1.82, 2.24) is 14.4 Å². The van der Waals surface area contributed by atoms with E-state index in [2.05, 4.69) is 20.6 Å². The van der Waals surface area contributed by atoms with E-state index in [1.807, 2.05) is 18.2 Å². The summed E-state index contributed by atoms with van der Waals surface area (Å²) in [6.07, 6.45) is 4.83. The maximum absolute atomic E-state index is 12.0. The normalized spacial score (nSPS) is 10.4. The van der Waals surface area contributed by atoms with Gasteiger partial charge in [-0.05, 0) is 12.1 Å². The third kappa shape index (κ3) is 2.41. The first-order valence-electron chi connectivity index (χ1n) is 5.84. The molecule has 0 bridgehead atoms. The Morgan fingerprint density at radius 1 is 1.15 bits per heavy atom. The van der Waals surface area contributed by atoms with Crippen LogP contribution in [0.25, 0.3) is 5.65 Å². The van der Waals surface area contributed by atoms with Crippen molar-refractivity contribution in [3.05, 3.63) is 54.1 Å². The van der Waals surface area contributed by atoms with Crippen molar-refractivity contribution in [2.45, 2.75) is 0 Å². The monoisotopic (exact) mass is 287 g/mol. The number of urea groups is 1. The molecule has 100 valence electrons. The van der Waals surface area contributed by atoms with Crippen LogP contribution >= 0.6 is 11.6 Å². The number of carbonyl (C=O) groups excluding carboxylic acids is 1. The Morgan fingerprint density at radius 3 is 2.75 bits per heavy atom. The molecule has 3 rings (SSSR count). The topological polar surface area (TPSA) is 71.3 Å². The van der Waals surface area contributed by atoms with Crippen LogP contribution in [-0.2, 0) is 0 Å². The van der Waals surface area contributed by atoms with Gasteiger partial charge < -0.3 is 5.32 Å². The van der Waals surface area contributed by atoms with Crippen LogP contribution in [-0.4, -0.2) is 20.4 Å². The van der Waals surface area contributed by atoms with E-state index in [0.29, 0.717) is 17.2 Å². The molecule has 0 aliphatic rings. The van der Waals surface area contributed by atoms with Crippen molar-refractivity contribution in [2.75, 3.05) is 10.6 Å². The predicted molar refractivity (Wildman–Crippen MR) is 77.1 cm³/mol. The smallest absolute Gasteiger partial charge is 0.308 e. The van der Waals surface area contributed by atoms with Gasteiger partial charge in [0.15, 0.2) is 16.6 Å². The first-order chi connectivity index (χ1) is 9.74. The summed E-state index contributed by atoms with van der Waals surface area (Å²) in [4.78, 5) is 20.0. The summed E-state index contributed by atoms with van der Waals surface area (Å²) in [5, 5.41) is 5.56. The maximum Gasteiger partial charge on any atom is 0.324 e. The average Bonchev–Trinajstić information content (AvgIpc) is 2.92. The van der Waals surface area contributed by atoms with Gasteiger partial charge in [-0.3, -0.25) is 9.72 Å². The molecule has 0 aliphatic carbocycles. The number of aromatic nitrogens is 3. The lowest BCUT2D eigenvalue weighted by atomic mass is 10.3. The molecule has 2 amide bonds. The number of para-hydroxylation sites is 1. The highest BCUT2D eigenvalue weighted by molar-refractivity contribution is 6.32. The molecule has 2 heterocycles. The largest absolute Gasteiger partial charge is 0.324 e. The number of hydrogen-bond acceptors (Lipinski definition) is 3. The van der Waals surface area contributed by atoms with Crippen molar-refractivity contribution in [3.63, 3.8) is 0 Å². The van der Waals surface area contributed by atoms with Crippen molar-refractivity contribution in [3.8, 4) is 0 Å². The molecular weight excluding hydrogens is 278 g/mol. The number of halogens is 1. The van der Waals surface area contributed by atoms with Crippen LogP contribution in [0.4, 0.5) is 16.3 Å². The maximum atomic E-state index is 12.0. The van der Waals surface area contributed by atoms with Gasteiger partial charge in [-0.2, -0.15) is 0 Å². The van der Waals surface area contributed by atoms with Crippen molar-refractivity contribution in [2.24, 2.45) is 0 Å². The molecule has 6 nitrogen and oxygen atoms in total. The van der Waals surface area contributed by atoms with Crippen molar-refractivity contribution in [1.29, 1.82) is 0 Å². The second-order valence-electron chi connectivity index (χ2n) is 4.00. The van der Waals surface area contributed by atoms with Crippen molar-refractivity contribution < 1.29 is 4.79 Å². The zero-order valence-corrected chi connectivity index (χ0v) is 11.0. The zero-order chi connectivity index (χ0) is 13.9. The Hall–Kier alpha value is -2.60. The van der Waals surface area contributed by atoms with E-state index in [0.717, 1.165) is 0 Å². The molecule has 0 radical (unpaired) electrons. The molecule has 20 heavy (non-hydrogen) atoms. The minimum Gasteiger partial charge on any atom is -0.308 e. The van der Waals surface area contributed by atoms with Gasteiger partial charge in [-0.25, -0.2) is 14.8 Å². The fourth-order valence-corrected chi connectivity index (χ4v) is 1.96. The van der Waals surface area contributed by atoms with Gasteiger partial charge in [0, 0.05) is 18.1 Å². The minimum absolute atomic E-state index is 0.193. The van der Waals surface area contributed by atoms with Crippen LogP contribution in [0.5, 0.6) is 0 Å². The number of fused-ring (bicyclic) bond motifs is 1. The number of anilines is 2. The number of nitrogens with one attached hydrogen (secondary N) is 2. The third-order valence-corrected chi connectivity index (χ3v) is 2.94. The molecule has 0 fully saturated rings. The van der Waals surface area contributed by atoms with E-state index < -0.39 is 6.03 Å². The summed E-state index contributed by atoms with van der Waals surface area (Å²) in [5.41, 5.74) is 1.29. The van der Waals surface area contributed by atoms with E-state index in [4.69, 9.17) is 11.6 Å². The highest BCUT2D eigenvalue weighted by Crippen LogP contribution is 2.20. The number of nitrogens with zero attached hydrogens (tertiary/aromatic N) is 3. The van der Waals surface area contributed by atoms with Crippen LogP contribution in [0.1, 0.15) is 0 Å². The highest BCUT2D eigenvalue weighted by Gasteiger charge is 2.11. The van der Waals surface area contributed by atoms with Gasteiger partial charge in [-0.15, -0.1) is 0 Å². The SMILES string of the molecule is O=C(Nc1ccccc1)Nc1c(Cl)ncc2nccn12. The van der Waals surface area contributed by atoms with Gasteiger partial charge in [0.1, 0.15) is 0 Å². The summed E-state index contributed by atoms with van der Waals surface area (Å²) in [6, 6.07) is 8.72. The van der Waals surface area contributed by atoms with Gasteiger partial charge in [0.05, 0.1) is 6.20 Å². The standard InChI is InChI=1S/C13H10ClN5O/c14-11-12(19-7-6-15-10(19)8-16-11)18-13(20)17-9-4-2-1-3-5-9/h1-8H,(H2,17,18,20). The molecule has 1 aromatic carbocycles. The van der Waals surface area contributed by atoms with Crippen LogP contribution in [0.15, 0.2) is 48.9 Å². The van der Waals surface area contributed by atoms with Crippen molar-refractivity contribution >= 4 is 34.8 Å². The zero-order valence-electron chi connectivity index (χ0n) is 10.2. The molecule has 2 aromatic heterocycles. The van der Waals surface area contributed by atoms with Gasteiger partial charge in [-0.1, -0.05) is 29.8 Å². The van der Waals surface area contributed by atoms with E-state index >= 15 is 0 Å². The fraction of sp³-hybridized carbons (Fsp3) is 0. The number of hydrogen-bond donors (Lipinski definition) is 2. The molecule has 0 spiro atoms.